The Labute approximate surface area is 151 Å². The first-order valence-corrected chi connectivity index (χ1v) is 8.44. The Kier molecular flexibility index (Phi) is 5.02. The lowest BCUT2D eigenvalue weighted by molar-refractivity contribution is -0.142. The number of carboxylic acids is 1. The van der Waals surface area contributed by atoms with Gasteiger partial charge in [0.05, 0.1) is 17.9 Å². The van der Waals surface area contributed by atoms with Crippen molar-refractivity contribution in [2.24, 2.45) is 5.92 Å². The topological polar surface area (TPSA) is 95.5 Å². The third-order valence-electron chi connectivity index (χ3n) is 4.66. The van der Waals surface area contributed by atoms with Gasteiger partial charge in [0, 0.05) is 12.1 Å². The third-order valence-corrected chi connectivity index (χ3v) is 4.66. The molecule has 0 aliphatic carbocycles. The van der Waals surface area contributed by atoms with Gasteiger partial charge in [0.2, 0.25) is 11.8 Å². The van der Waals surface area contributed by atoms with Crippen molar-refractivity contribution in [2.45, 2.75) is 25.3 Å². The molecule has 0 saturated heterocycles. The highest BCUT2D eigenvalue weighted by atomic mass is 16.4. The number of fused-ring (bicyclic) bond motifs is 1. The van der Waals surface area contributed by atoms with Gasteiger partial charge >= 0.3 is 5.97 Å². The van der Waals surface area contributed by atoms with E-state index in [0.717, 1.165) is 5.56 Å². The van der Waals surface area contributed by atoms with E-state index in [4.69, 9.17) is 0 Å². The number of para-hydroxylation sites is 1. The van der Waals surface area contributed by atoms with Crippen molar-refractivity contribution in [1.82, 2.24) is 5.32 Å². The number of nitrogens with one attached hydrogen (secondary N) is 2. The fourth-order valence-electron chi connectivity index (χ4n) is 3.20. The largest absolute Gasteiger partial charge is 0.481 e. The number of carbonyl (C=O) groups is 3. The van der Waals surface area contributed by atoms with Crippen LogP contribution in [0.3, 0.4) is 0 Å². The molecule has 1 aliphatic rings. The van der Waals surface area contributed by atoms with E-state index in [9.17, 15) is 19.5 Å². The van der Waals surface area contributed by atoms with Crippen LogP contribution in [0.25, 0.3) is 0 Å². The molecule has 1 heterocycles. The van der Waals surface area contributed by atoms with Gasteiger partial charge in [-0.2, -0.15) is 0 Å². The molecule has 3 N–H and O–H groups in total. The van der Waals surface area contributed by atoms with Crippen LogP contribution in [0.5, 0.6) is 0 Å². The zero-order valence-corrected chi connectivity index (χ0v) is 14.3. The fraction of sp³-hybridized carbons (Fsp3) is 0.250. The average Bonchev–Trinajstić information content (AvgIpc) is 2.65. The number of carbonyl (C=O) groups excluding carboxylic acids is 2. The van der Waals surface area contributed by atoms with Crippen LogP contribution in [0.2, 0.25) is 0 Å². The minimum atomic E-state index is -0.999. The van der Waals surface area contributed by atoms with Crippen LogP contribution >= 0.6 is 0 Å². The van der Waals surface area contributed by atoms with Gasteiger partial charge in [-0.15, -0.1) is 0 Å². The standard InChI is InChI=1S/C20H20N2O4/c1-12(20(25)26)18(13-7-3-2-4-8-13)22-19(24)15-11-17(23)21-16-10-6-5-9-14(15)16/h2-10,12,15,18H,11H2,1H3,(H,21,23)(H,22,24)(H,25,26). The maximum absolute atomic E-state index is 12.9. The van der Waals surface area contributed by atoms with Crippen molar-refractivity contribution < 1.29 is 19.5 Å². The molecule has 134 valence electrons. The Balaban J connectivity index is 1.89. The summed E-state index contributed by atoms with van der Waals surface area (Å²) in [6.07, 6.45) is 0.0335. The second-order valence-electron chi connectivity index (χ2n) is 6.42. The van der Waals surface area contributed by atoms with E-state index < -0.39 is 23.8 Å². The average molecular weight is 352 g/mol. The maximum atomic E-state index is 12.9. The first-order valence-electron chi connectivity index (χ1n) is 8.44. The SMILES string of the molecule is CC(C(=O)O)C(NC(=O)C1CC(=O)Nc2ccccc21)c1ccccc1. The molecule has 0 aromatic heterocycles. The van der Waals surface area contributed by atoms with E-state index >= 15 is 0 Å². The van der Waals surface area contributed by atoms with Gasteiger partial charge in [-0.3, -0.25) is 14.4 Å². The molecule has 0 saturated carbocycles. The smallest absolute Gasteiger partial charge is 0.308 e. The van der Waals surface area contributed by atoms with Crippen molar-refractivity contribution in [3.05, 3.63) is 65.7 Å². The molecule has 3 rings (SSSR count). The van der Waals surface area contributed by atoms with Gasteiger partial charge in [-0.1, -0.05) is 48.5 Å². The Morgan fingerprint density at radius 1 is 1.12 bits per heavy atom. The number of benzene rings is 2. The zero-order valence-electron chi connectivity index (χ0n) is 14.3. The summed E-state index contributed by atoms with van der Waals surface area (Å²) in [5, 5.41) is 15.0. The molecule has 0 spiro atoms. The second-order valence-corrected chi connectivity index (χ2v) is 6.42. The predicted molar refractivity (Wildman–Crippen MR) is 96.6 cm³/mol. The van der Waals surface area contributed by atoms with Crippen molar-refractivity contribution >= 4 is 23.5 Å². The van der Waals surface area contributed by atoms with Crippen molar-refractivity contribution in [2.75, 3.05) is 5.32 Å². The molecule has 2 aromatic rings. The van der Waals surface area contributed by atoms with Crippen molar-refractivity contribution in [1.29, 1.82) is 0 Å². The molecule has 26 heavy (non-hydrogen) atoms. The molecule has 1 aliphatic heterocycles. The normalized spacial score (nSPS) is 18.2. The van der Waals surface area contributed by atoms with Crippen LogP contribution in [0, 0.1) is 5.92 Å². The number of hydrogen-bond donors (Lipinski definition) is 3. The van der Waals surface area contributed by atoms with Crippen molar-refractivity contribution in [3.8, 4) is 0 Å². The van der Waals surface area contributed by atoms with Gasteiger partial charge in [-0.25, -0.2) is 0 Å². The van der Waals surface area contributed by atoms with Crippen LogP contribution in [0.15, 0.2) is 54.6 Å². The van der Waals surface area contributed by atoms with Gasteiger partial charge < -0.3 is 15.7 Å². The van der Waals surface area contributed by atoms with E-state index in [2.05, 4.69) is 10.6 Å². The minimum absolute atomic E-state index is 0.0335. The summed E-state index contributed by atoms with van der Waals surface area (Å²) in [5.74, 6) is -3.04. The summed E-state index contributed by atoms with van der Waals surface area (Å²) in [4.78, 5) is 36.4. The second kappa shape index (κ2) is 7.39. The lowest BCUT2D eigenvalue weighted by Gasteiger charge is -2.28. The highest BCUT2D eigenvalue weighted by Crippen LogP contribution is 2.33. The summed E-state index contributed by atoms with van der Waals surface area (Å²) in [6, 6.07) is 15.5. The first kappa shape index (κ1) is 17.7. The molecular weight excluding hydrogens is 332 g/mol. The molecule has 6 heteroatoms. The van der Waals surface area contributed by atoms with Gasteiger partial charge in [-0.05, 0) is 24.1 Å². The van der Waals surface area contributed by atoms with E-state index in [-0.39, 0.29) is 18.2 Å². The Hall–Kier alpha value is -3.15. The quantitative estimate of drug-likeness (QED) is 0.771. The Morgan fingerprint density at radius 3 is 2.46 bits per heavy atom. The molecule has 3 atom stereocenters. The lowest BCUT2D eigenvalue weighted by atomic mass is 9.88. The Morgan fingerprint density at radius 2 is 1.77 bits per heavy atom. The molecule has 2 amide bonds. The number of anilines is 1. The van der Waals surface area contributed by atoms with E-state index in [0.29, 0.717) is 11.3 Å². The zero-order chi connectivity index (χ0) is 18.7. The van der Waals surface area contributed by atoms with Gasteiger partial charge in [0.1, 0.15) is 0 Å². The summed E-state index contributed by atoms with van der Waals surface area (Å²) in [7, 11) is 0. The highest BCUT2D eigenvalue weighted by Gasteiger charge is 2.34. The lowest BCUT2D eigenvalue weighted by Crippen LogP contribution is -2.40. The minimum Gasteiger partial charge on any atom is -0.481 e. The number of carboxylic acid groups (broad SMARTS) is 1. The number of hydrogen-bond acceptors (Lipinski definition) is 3. The summed E-state index contributed by atoms with van der Waals surface area (Å²) >= 11 is 0. The maximum Gasteiger partial charge on any atom is 0.308 e. The van der Waals surface area contributed by atoms with Crippen LogP contribution < -0.4 is 10.6 Å². The molecule has 3 unspecified atom stereocenters. The monoisotopic (exact) mass is 352 g/mol. The van der Waals surface area contributed by atoms with Gasteiger partial charge in [0.15, 0.2) is 0 Å². The fourth-order valence-corrected chi connectivity index (χ4v) is 3.20. The van der Waals surface area contributed by atoms with Crippen LogP contribution in [-0.2, 0) is 14.4 Å². The number of aliphatic carboxylic acids is 1. The molecule has 2 aromatic carbocycles. The molecule has 0 fully saturated rings. The number of amides is 2. The van der Waals surface area contributed by atoms with E-state index in [1.54, 1.807) is 49.4 Å². The Bertz CT molecular complexity index is 835. The van der Waals surface area contributed by atoms with Gasteiger partial charge in [0.25, 0.3) is 0 Å². The third kappa shape index (κ3) is 3.59. The number of rotatable bonds is 5. The molecule has 0 radical (unpaired) electrons. The molecule has 6 nitrogen and oxygen atoms in total. The van der Waals surface area contributed by atoms with E-state index in [1.807, 2.05) is 12.1 Å². The summed E-state index contributed by atoms with van der Waals surface area (Å²) in [6.45, 7) is 1.56. The summed E-state index contributed by atoms with van der Waals surface area (Å²) in [5.41, 5.74) is 2.06. The highest BCUT2D eigenvalue weighted by molar-refractivity contribution is 6.01. The molecular formula is C20H20N2O4. The van der Waals surface area contributed by atoms with Crippen LogP contribution in [-0.4, -0.2) is 22.9 Å². The van der Waals surface area contributed by atoms with Crippen LogP contribution in [0.4, 0.5) is 5.69 Å². The summed E-state index contributed by atoms with van der Waals surface area (Å²) < 4.78 is 0. The molecule has 0 bridgehead atoms. The first-order chi connectivity index (χ1) is 12.5. The van der Waals surface area contributed by atoms with Crippen LogP contribution in [0.1, 0.15) is 36.4 Å². The predicted octanol–water partition coefficient (Wildman–Crippen LogP) is 2.69. The van der Waals surface area contributed by atoms with Crippen molar-refractivity contribution in [3.63, 3.8) is 0 Å². The van der Waals surface area contributed by atoms with E-state index in [1.165, 1.54) is 0 Å².